The highest BCUT2D eigenvalue weighted by atomic mass is 16.3. The van der Waals surface area contributed by atoms with Crippen molar-refractivity contribution in [3.05, 3.63) is 35.9 Å². The maximum Gasteiger partial charge on any atom is 0.314 e. The number of benzene rings is 1. The molecule has 5 nitrogen and oxygen atoms in total. The van der Waals surface area contributed by atoms with Crippen LogP contribution in [0.4, 0.5) is 4.79 Å². The van der Waals surface area contributed by atoms with E-state index in [-0.39, 0.29) is 18.5 Å². The van der Waals surface area contributed by atoms with Gasteiger partial charge >= 0.3 is 6.03 Å². The maximum atomic E-state index is 11.7. The third-order valence-corrected chi connectivity index (χ3v) is 3.09. The van der Waals surface area contributed by atoms with E-state index in [0.717, 1.165) is 5.56 Å². The average Bonchev–Trinajstić information content (AvgIpc) is 2.41. The van der Waals surface area contributed by atoms with Crippen LogP contribution in [-0.4, -0.2) is 41.0 Å². The summed E-state index contributed by atoms with van der Waals surface area (Å²) in [5.74, 6) is 0.0547. The van der Waals surface area contributed by atoms with Gasteiger partial charge in [-0.2, -0.15) is 0 Å². The van der Waals surface area contributed by atoms with Crippen LogP contribution in [0.1, 0.15) is 38.7 Å². The van der Waals surface area contributed by atoms with Crippen LogP contribution < -0.4 is 10.6 Å². The molecule has 2 unspecified atom stereocenters. The average molecular weight is 294 g/mol. The Morgan fingerprint density at radius 1 is 1.24 bits per heavy atom. The number of aliphatic hydroxyl groups is 2. The molecule has 0 radical (unpaired) electrons. The van der Waals surface area contributed by atoms with Crippen molar-refractivity contribution in [1.82, 2.24) is 10.6 Å². The van der Waals surface area contributed by atoms with Gasteiger partial charge < -0.3 is 20.8 Å². The van der Waals surface area contributed by atoms with Crippen molar-refractivity contribution < 1.29 is 15.0 Å². The molecule has 118 valence electrons. The first kappa shape index (κ1) is 17.5. The Hall–Kier alpha value is -1.59. The van der Waals surface area contributed by atoms with Gasteiger partial charge in [0.25, 0.3) is 0 Å². The zero-order valence-electron chi connectivity index (χ0n) is 13.0. The van der Waals surface area contributed by atoms with E-state index in [4.69, 9.17) is 0 Å². The number of amides is 2. The summed E-state index contributed by atoms with van der Waals surface area (Å²) in [5.41, 5.74) is 0.150. The molecule has 2 amide bonds. The number of carbonyl (C=O) groups excluding carboxylic acids is 1. The van der Waals surface area contributed by atoms with E-state index in [2.05, 4.69) is 10.6 Å². The molecule has 5 heteroatoms. The molecule has 1 aromatic carbocycles. The van der Waals surface area contributed by atoms with E-state index >= 15 is 0 Å². The van der Waals surface area contributed by atoms with Gasteiger partial charge in [-0.05, 0) is 32.8 Å². The fourth-order valence-electron chi connectivity index (χ4n) is 2.05. The Balaban J connectivity index is 2.52. The minimum Gasteiger partial charge on any atom is -0.393 e. The molecule has 0 aliphatic rings. The van der Waals surface area contributed by atoms with Crippen molar-refractivity contribution >= 4 is 6.03 Å². The number of hydrogen-bond donors (Lipinski definition) is 4. The SMILES string of the molecule is CC(O)CC(CNC(=O)NCC(C)(C)O)c1ccccc1. The summed E-state index contributed by atoms with van der Waals surface area (Å²) in [6.07, 6.45) is 0.145. The summed E-state index contributed by atoms with van der Waals surface area (Å²) < 4.78 is 0. The van der Waals surface area contributed by atoms with Gasteiger partial charge in [0.2, 0.25) is 0 Å². The minimum absolute atomic E-state index is 0.0547. The van der Waals surface area contributed by atoms with Crippen LogP contribution >= 0.6 is 0 Å². The molecule has 2 atom stereocenters. The molecule has 0 aromatic heterocycles. The lowest BCUT2D eigenvalue weighted by atomic mass is 9.93. The highest BCUT2D eigenvalue weighted by Gasteiger charge is 2.17. The van der Waals surface area contributed by atoms with Crippen LogP contribution in [0, 0.1) is 0 Å². The van der Waals surface area contributed by atoms with E-state index in [0.29, 0.717) is 13.0 Å². The molecular weight excluding hydrogens is 268 g/mol. The molecule has 0 fully saturated rings. The Labute approximate surface area is 126 Å². The van der Waals surface area contributed by atoms with Crippen LogP contribution in [0.25, 0.3) is 0 Å². The molecular formula is C16H26N2O3. The maximum absolute atomic E-state index is 11.7. The lowest BCUT2D eigenvalue weighted by Crippen LogP contribution is -2.44. The fraction of sp³-hybridized carbons (Fsp3) is 0.562. The first-order valence-electron chi connectivity index (χ1n) is 7.25. The quantitative estimate of drug-likeness (QED) is 0.617. The predicted molar refractivity (Wildman–Crippen MR) is 83.2 cm³/mol. The molecule has 0 aliphatic carbocycles. The number of urea groups is 1. The molecule has 4 N–H and O–H groups in total. The molecule has 21 heavy (non-hydrogen) atoms. The van der Waals surface area contributed by atoms with E-state index in [9.17, 15) is 15.0 Å². The van der Waals surface area contributed by atoms with E-state index in [1.807, 2.05) is 30.3 Å². The molecule has 0 aliphatic heterocycles. The molecule has 0 spiro atoms. The number of hydrogen-bond acceptors (Lipinski definition) is 3. The van der Waals surface area contributed by atoms with Gasteiger partial charge in [-0.25, -0.2) is 4.79 Å². The Morgan fingerprint density at radius 3 is 2.38 bits per heavy atom. The third-order valence-electron chi connectivity index (χ3n) is 3.09. The predicted octanol–water partition coefficient (Wildman–Crippen LogP) is 1.61. The van der Waals surface area contributed by atoms with Gasteiger partial charge in [-0.1, -0.05) is 30.3 Å². The highest BCUT2D eigenvalue weighted by molar-refractivity contribution is 5.73. The summed E-state index contributed by atoms with van der Waals surface area (Å²) in [7, 11) is 0. The fourth-order valence-corrected chi connectivity index (χ4v) is 2.05. The second-order valence-electron chi connectivity index (χ2n) is 6.07. The van der Waals surface area contributed by atoms with Crippen LogP contribution in [-0.2, 0) is 0 Å². The molecule has 1 aromatic rings. The van der Waals surface area contributed by atoms with E-state index in [1.54, 1.807) is 20.8 Å². The summed E-state index contributed by atoms with van der Waals surface area (Å²) in [4.78, 5) is 11.7. The molecule has 0 heterocycles. The van der Waals surface area contributed by atoms with Crippen molar-refractivity contribution in [2.45, 2.75) is 44.8 Å². The number of aliphatic hydroxyl groups excluding tert-OH is 1. The minimum atomic E-state index is -0.935. The zero-order chi connectivity index (χ0) is 15.9. The lowest BCUT2D eigenvalue weighted by Gasteiger charge is -2.21. The second kappa shape index (κ2) is 8.00. The van der Waals surface area contributed by atoms with Crippen molar-refractivity contribution in [2.75, 3.05) is 13.1 Å². The van der Waals surface area contributed by atoms with Crippen molar-refractivity contribution in [3.63, 3.8) is 0 Å². The number of rotatable bonds is 7. The summed E-state index contributed by atoms with van der Waals surface area (Å²) in [6.45, 7) is 5.63. The molecule has 0 bridgehead atoms. The van der Waals surface area contributed by atoms with Crippen molar-refractivity contribution in [3.8, 4) is 0 Å². The first-order chi connectivity index (χ1) is 9.78. The monoisotopic (exact) mass is 294 g/mol. The summed E-state index contributed by atoms with van der Waals surface area (Å²) in [5, 5.41) is 24.6. The van der Waals surface area contributed by atoms with Crippen LogP contribution in [0.2, 0.25) is 0 Å². The van der Waals surface area contributed by atoms with Gasteiger partial charge in [0.15, 0.2) is 0 Å². The molecule has 1 rings (SSSR count). The van der Waals surface area contributed by atoms with Gasteiger partial charge in [-0.3, -0.25) is 0 Å². The van der Waals surface area contributed by atoms with E-state index in [1.165, 1.54) is 0 Å². The zero-order valence-corrected chi connectivity index (χ0v) is 13.0. The molecule has 0 saturated heterocycles. The smallest absolute Gasteiger partial charge is 0.314 e. The van der Waals surface area contributed by atoms with Crippen molar-refractivity contribution in [2.24, 2.45) is 0 Å². The normalized spacial score (nSPS) is 14.3. The van der Waals surface area contributed by atoms with Gasteiger partial charge in [0, 0.05) is 19.0 Å². The van der Waals surface area contributed by atoms with Gasteiger partial charge in [-0.15, -0.1) is 0 Å². The first-order valence-corrected chi connectivity index (χ1v) is 7.25. The summed E-state index contributed by atoms with van der Waals surface area (Å²) in [6, 6.07) is 9.49. The van der Waals surface area contributed by atoms with Crippen LogP contribution in [0.3, 0.4) is 0 Å². The van der Waals surface area contributed by atoms with Crippen LogP contribution in [0.15, 0.2) is 30.3 Å². The highest BCUT2D eigenvalue weighted by Crippen LogP contribution is 2.20. The third kappa shape index (κ3) is 7.68. The largest absolute Gasteiger partial charge is 0.393 e. The Bertz CT molecular complexity index is 427. The standard InChI is InChI=1S/C16H26N2O3/c1-12(19)9-14(13-7-5-4-6-8-13)10-17-15(20)18-11-16(2,3)21/h4-8,12,14,19,21H,9-11H2,1-3H3,(H2,17,18,20). The number of nitrogens with one attached hydrogen (secondary N) is 2. The topological polar surface area (TPSA) is 81.6 Å². The van der Waals surface area contributed by atoms with E-state index < -0.39 is 11.7 Å². The molecule has 0 saturated carbocycles. The van der Waals surface area contributed by atoms with Gasteiger partial charge in [0.05, 0.1) is 11.7 Å². The Morgan fingerprint density at radius 2 is 1.86 bits per heavy atom. The number of carbonyl (C=O) groups is 1. The van der Waals surface area contributed by atoms with Crippen molar-refractivity contribution in [1.29, 1.82) is 0 Å². The second-order valence-corrected chi connectivity index (χ2v) is 6.07. The van der Waals surface area contributed by atoms with Gasteiger partial charge in [0.1, 0.15) is 0 Å². The van der Waals surface area contributed by atoms with Crippen LogP contribution in [0.5, 0.6) is 0 Å². The lowest BCUT2D eigenvalue weighted by molar-refractivity contribution is 0.0819. The Kier molecular flexibility index (Phi) is 6.65. The summed E-state index contributed by atoms with van der Waals surface area (Å²) >= 11 is 0.